The molecule has 20 nitrogen and oxygen atoms in total. The fraction of sp³-hybridized carbons (Fsp3) is 0.737. The smallest absolute Gasteiger partial charge is 0.246 e. The molecule has 1 fully saturated rings. The van der Waals surface area contributed by atoms with Crippen molar-refractivity contribution in [3.8, 4) is 0 Å². The largest absolute Gasteiger partial charge is 0.370 e. The van der Waals surface area contributed by atoms with Crippen molar-refractivity contribution in [1.82, 2.24) is 31.5 Å². The number of hydrogen-bond donors (Lipinski definition) is 9. The van der Waals surface area contributed by atoms with Gasteiger partial charge in [-0.3, -0.25) is 47.9 Å². The van der Waals surface area contributed by atoms with E-state index in [0.717, 1.165) is 11.8 Å². The highest BCUT2D eigenvalue weighted by Crippen LogP contribution is 2.25. The van der Waals surface area contributed by atoms with Crippen molar-refractivity contribution in [2.45, 2.75) is 130 Å². The second-order valence-electron chi connectivity index (χ2n) is 16.4. The molecular formula is C38H66N10O10S. The lowest BCUT2D eigenvalue weighted by Crippen LogP contribution is -2.60. The van der Waals surface area contributed by atoms with Crippen molar-refractivity contribution >= 4 is 70.7 Å². The van der Waals surface area contributed by atoms with Gasteiger partial charge in [-0.25, -0.2) is 0 Å². The van der Waals surface area contributed by atoms with Gasteiger partial charge in [-0.1, -0.05) is 54.9 Å². The molecule has 0 aromatic heterocycles. The Balaban J connectivity index is 3.43. The molecule has 1 heterocycles. The lowest BCUT2D eigenvalue weighted by atomic mass is 9.89. The predicted octanol–water partition coefficient (Wildman–Crippen LogP) is -1.98. The Morgan fingerprint density at radius 3 is 1.90 bits per heavy atom. The van der Waals surface area contributed by atoms with Crippen LogP contribution in [-0.4, -0.2) is 119 Å². The van der Waals surface area contributed by atoms with Crippen molar-refractivity contribution < 1.29 is 47.9 Å². The van der Waals surface area contributed by atoms with Crippen molar-refractivity contribution in [3.63, 3.8) is 0 Å². The number of nitrogens with one attached hydrogen (secondary N) is 5. The molecule has 334 valence electrons. The van der Waals surface area contributed by atoms with Crippen LogP contribution in [0.2, 0.25) is 0 Å². The number of rotatable bonds is 26. The Hall–Kier alpha value is -4.79. The minimum atomic E-state index is -1.66. The number of nitrogens with zero attached hydrogens (tertiary/aromatic N) is 1. The molecule has 0 radical (unpaired) electrons. The summed E-state index contributed by atoms with van der Waals surface area (Å²) in [6.45, 7) is 12.2. The molecular weight excluding hydrogens is 789 g/mol. The van der Waals surface area contributed by atoms with Crippen LogP contribution in [0.4, 0.5) is 0 Å². The maximum Gasteiger partial charge on any atom is 0.246 e. The minimum Gasteiger partial charge on any atom is -0.370 e. The standard InChI is InChI=1S/C38H66N10O10S/c1-8-21(4)31(42)35(56)45-23(11-12-28(39)50)33(54)46-24(16-29(40)51)34(55)47-25(18-59-19-44-37(58)38(5,6)7)36(57)48-13-9-10-26(48)27(49)15-22(14-20(2)3)32(53)43-17-30(41)52/h20-26,31H,8-19,42H2,1-7H3,(H2,39,50)(H2,40,51)(H2,41,52)(H,43,53)(H,44,58)(H,45,56)(H,46,54)(H,47,55)/t21-,22-,23+,24+,25+,26-,31+/m0/s1. The molecule has 7 atom stereocenters. The number of hydrogen-bond acceptors (Lipinski definition) is 12. The van der Waals surface area contributed by atoms with Crippen LogP contribution in [0.15, 0.2) is 0 Å². The molecule has 1 saturated heterocycles. The number of amides is 9. The molecule has 0 aromatic rings. The third kappa shape index (κ3) is 18.8. The normalized spacial score (nSPS) is 17.0. The van der Waals surface area contributed by atoms with E-state index in [1.807, 2.05) is 20.8 Å². The second-order valence-corrected chi connectivity index (χ2v) is 17.4. The van der Waals surface area contributed by atoms with E-state index in [0.29, 0.717) is 19.3 Å². The number of likely N-dealkylation sites (tertiary alicyclic amines) is 1. The molecule has 9 amide bonds. The maximum absolute atomic E-state index is 14.3. The molecule has 13 N–H and O–H groups in total. The number of ketones is 1. The minimum absolute atomic E-state index is 0.00899. The van der Waals surface area contributed by atoms with Crippen LogP contribution in [0, 0.1) is 23.2 Å². The summed E-state index contributed by atoms with van der Waals surface area (Å²) < 4.78 is 0. The number of thioether (sulfide) groups is 1. The lowest BCUT2D eigenvalue weighted by Gasteiger charge is -2.30. The zero-order chi connectivity index (χ0) is 45.2. The van der Waals surface area contributed by atoms with E-state index in [-0.39, 0.29) is 61.6 Å². The Labute approximate surface area is 350 Å². The van der Waals surface area contributed by atoms with Gasteiger partial charge in [0.05, 0.1) is 30.9 Å². The predicted molar refractivity (Wildman–Crippen MR) is 220 cm³/mol. The summed E-state index contributed by atoms with van der Waals surface area (Å²) in [5.41, 5.74) is 21.3. The number of carbonyl (C=O) groups is 10. The van der Waals surface area contributed by atoms with Gasteiger partial charge in [-0.15, -0.1) is 11.8 Å². The number of Topliss-reactive ketones (excluding diaryl/α,β-unsaturated/α-hetero) is 1. The second kappa shape index (κ2) is 25.0. The molecule has 0 spiro atoms. The summed E-state index contributed by atoms with van der Waals surface area (Å²) in [6.07, 6.45) is 0.0247. The monoisotopic (exact) mass is 854 g/mol. The van der Waals surface area contributed by atoms with Crippen molar-refractivity contribution in [1.29, 1.82) is 0 Å². The fourth-order valence-corrected chi connectivity index (χ4v) is 6.95. The van der Waals surface area contributed by atoms with Gasteiger partial charge in [0.25, 0.3) is 0 Å². The average molecular weight is 855 g/mol. The van der Waals surface area contributed by atoms with E-state index in [1.54, 1.807) is 27.7 Å². The van der Waals surface area contributed by atoms with Crippen LogP contribution in [-0.2, 0) is 47.9 Å². The third-order valence-electron chi connectivity index (χ3n) is 9.74. The fourth-order valence-electron chi connectivity index (χ4n) is 6.14. The number of carbonyl (C=O) groups excluding carboxylic acids is 10. The van der Waals surface area contributed by atoms with E-state index >= 15 is 0 Å². The summed E-state index contributed by atoms with van der Waals surface area (Å²) in [7, 11) is 0. The van der Waals surface area contributed by atoms with Crippen molar-refractivity contribution in [2.24, 2.45) is 46.1 Å². The Bertz CT molecular complexity index is 1540. The Kier molecular flexibility index (Phi) is 22.1. The van der Waals surface area contributed by atoms with E-state index in [4.69, 9.17) is 22.9 Å². The van der Waals surface area contributed by atoms with Crippen LogP contribution < -0.4 is 49.5 Å². The average Bonchev–Trinajstić information content (AvgIpc) is 3.64. The van der Waals surface area contributed by atoms with Crippen LogP contribution in [0.3, 0.4) is 0 Å². The van der Waals surface area contributed by atoms with Gasteiger partial charge in [-0.05, 0) is 37.5 Å². The first kappa shape index (κ1) is 52.2. The first-order valence-corrected chi connectivity index (χ1v) is 21.0. The molecule has 21 heteroatoms. The topological polar surface area (TPSA) is 338 Å². The summed E-state index contributed by atoms with van der Waals surface area (Å²) in [5, 5.41) is 12.6. The molecule has 1 rings (SSSR count). The first-order chi connectivity index (χ1) is 27.4. The summed E-state index contributed by atoms with van der Waals surface area (Å²) >= 11 is 1.09. The van der Waals surface area contributed by atoms with E-state index in [2.05, 4.69) is 26.6 Å². The molecule has 0 bridgehead atoms. The highest BCUT2D eigenvalue weighted by molar-refractivity contribution is 7.99. The van der Waals surface area contributed by atoms with E-state index in [9.17, 15) is 47.9 Å². The summed E-state index contributed by atoms with van der Waals surface area (Å²) in [4.78, 5) is 130. The van der Waals surface area contributed by atoms with E-state index < -0.39 is 108 Å². The Morgan fingerprint density at radius 1 is 0.763 bits per heavy atom. The maximum atomic E-state index is 14.3. The molecule has 1 aliphatic heterocycles. The van der Waals surface area contributed by atoms with Gasteiger partial charge in [-0.2, -0.15) is 0 Å². The van der Waals surface area contributed by atoms with Crippen LogP contribution in [0.5, 0.6) is 0 Å². The van der Waals surface area contributed by atoms with Crippen LogP contribution in [0.1, 0.15) is 99.8 Å². The van der Waals surface area contributed by atoms with Gasteiger partial charge in [0.1, 0.15) is 18.1 Å². The number of nitrogens with two attached hydrogens (primary N) is 4. The number of primary amides is 3. The van der Waals surface area contributed by atoms with Crippen molar-refractivity contribution in [3.05, 3.63) is 0 Å². The molecule has 0 unspecified atom stereocenters. The molecule has 59 heavy (non-hydrogen) atoms. The van der Waals surface area contributed by atoms with Gasteiger partial charge in [0.15, 0.2) is 5.78 Å². The zero-order valence-electron chi connectivity index (χ0n) is 35.4. The first-order valence-electron chi connectivity index (χ1n) is 19.9. The van der Waals surface area contributed by atoms with Gasteiger partial charge >= 0.3 is 0 Å². The summed E-state index contributed by atoms with van der Waals surface area (Å²) in [6, 6.07) is -6.38. The van der Waals surface area contributed by atoms with Gasteiger partial charge in [0.2, 0.25) is 53.2 Å². The van der Waals surface area contributed by atoms with Crippen LogP contribution >= 0.6 is 11.8 Å². The van der Waals surface area contributed by atoms with E-state index in [1.165, 1.54) is 4.90 Å². The molecule has 0 aromatic carbocycles. The zero-order valence-corrected chi connectivity index (χ0v) is 36.2. The highest BCUT2D eigenvalue weighted by Gasteiger charge is 2.40. The summed E-state index contributed by atoms with van der Waals surface area (Å²) in [5.74, 6) is -8.20. The molecule has 0 aliphatic carbocycles. The van der Waals surface area contributed by atoms with Gasteiger partial charge < -0.3 is 54.4 Å². The molecule has 0 saturated carbocycles. The third-order valence-corrected chi connectivity index (χ3v) is 10.7. The van der Waals surface area contributed by atoms with Gasteiger partial charge in [0, 0.05) is 36.5 Å². The van der Waals surface area contributed by atoms with Crippen LogP contribution in [0.25, 0.3) is 0 Å². The quantitative estimate of drug-likeness (QED) is 0.0338. The highest BCUT2D eigenvalue weighted by atomic mass is 32.2. The Morgan fingerprint density at radius 2 is 1.36 bits per heavy atom. The lowest BCUT2D eigenvalue weighted by molar-refractivity contribution is -0.141. The van der Waals surface area contributed by atoms with Crippen molar-refractivity contribution in [2.75, 3.05) is 24.7 Å². The SMILES string of the molecule is CC[C@H](C)[C@@H](N)C(=O)N[C@H](CCC(N)=O)C(=O)N[C@H](CC(N)=O)C(=O)N[C@H](CSCNC(=O)C(C)(C)C)C(=O)N1CCC[C@H]1C(=O)C[C@H](CC(C)C)C(=O)NCC(N)=O. The molecule has 1 aliphatic rings.